The molecular weight excluding hydrogens is 461 g/mol. The lowest BCUT2D eigenvalue weighted by atomic mass is 9.95. The number of hydrogen-bond donors (Lipinski definition) is 0. The minimum Gasteiger partial charge on any atom is -0.381 e. The van der Waals surface area contributed by atoms with Gasteiger partial charge in [-0.2, -0.15) is 5.10 Å². The van der Waals surface area contributed by atoms with Crippen LogP contribution in [-0.4, -0.2) is 75.1 Å². The average Bonchev–Trinajstić information content (AvgIpc) is 3.33. The molecule has 0 N–H and O–H groups in total. The minimum absolute atomic E-state index is 0.0542. The Balaban J connectivity index is 1.30. The van der Waals surface area contributed by atoms with Gasteiger partial charge in [0.25, 0.3) is 5.91 Å². The number of aryl methyl sites for hydroxylation is 1. The summed E-state index contributed by atoms with van der Waals surface area (Å²) in [5.41, 5.74) is 3.43. The van der Waals surface area contributed by atoms with Crippen LogP contribution < -0.4 is 0 Å². The summed E-state index contributed by atoms with van der Waals surface area (Å²) in [5.74, 6) is 0.0930. The second-order valence-corrected chi connectivity index (χ2v) is 9.76. The van der Waals surface area contributed by atoms with E-state index in [1.165, 1.54) is 12.1 Å². The van der Waals surface area contributed by atoms with E-state index >= 15 is 0 Å². The Morgan fingerprint density at radius 1 is 1.14 bits per heavy atom. The highest BCUT2D eigenvalue weighted by atomic mass is 19.1. The number of rotatable bonds is 5. The zero-order valence-corrected chi connectivity index (χ0v) is 20.8. The Bertz CT molecular complexity index is 1250. The lowest BCUT2D eigenvalue weighted by Gasteiger charge is -2.40. The summed E-state index contributed by atoms with van der Waals surface area (Å²) in [7, 11) is 0. The Labute approximate surface area is 210 Å². The number of nitrogens with zero attached hydrogens (tertiary/aromatic N) is 5. The number of hydrogen-bond acceptors (Lipinski definition) is 5. The fourth-order valence-corrected chi connectivity index (χ4v) is 5.16. The van der Waals surface area contributed by atoms with Crippen molar-refractivity contribution in [2.75, 3.05) is 32.8 Å². The summed E-state index contributed by atoms with van der Waals surface area (Å²) in [4.78, 5) is 34.6. The molecule has 0 unspecified atom stereocenters. The van der Waals surface area contributed by atoms with Crippen molar-refractivity contribution in [2.45, 2.75) is 45.6 Å². The van der Waals surface area contributed by atoms with Crippen LogP contribution in [0.2, 0.25) is 0 Å². The summed E-state index contributed by atoms with van der Waals surface area (Å²) in [5, 5.41) is 4.64. The van der Waals surface area contributed by atoms with Crippen LogP contribution in [0.5, 0.6) is 0 Å². The fourth-order valence-electron chi connectivity index (χ4n) is 5.16. The molecule has 9 heteroatoms. The van der Waals surface area contributed by atoms with Crippen LogP contribution in [0, 0.1) is 11.7 Å². The first-order chi connectivity index (χ1) is 17.4. The van der Waals surface area contributed by atoms with Crippen molar-refractivity contribution in [1.82, 2.24) is 24.4 Å². The molecule has 0 spiro atoms. The van der Waals surface area contributed by atoms with E-state index in [4.69, 9.17) is 4.74 Å². The molecule has 1 aromatic carbocycles. The standard InChI is InChI=1S/C27H32FN5O3/c1-3-20-15-23(21-4-6-22(28)7-5-21)30-33-17-24(29-26(20)33)27(35)31-10-11-32(18(2)16-31)25(34)14-19-8-12-36-13-9-19/h4-7,15,17-19H,3,8-14,16H2,1-2H3/t18-/m0/s1. The predicted molar refractivity (Wildman–Crippen MR) is 133 cm³/mol. The van der Waals surface area contributed by atoms with Gasteiger partial charge in [0.15, 0.2) is 5.65 Å². The molecule has 0 radical (unpaired) electrons. The molecule has 3 aromatic rings. The summed E-state index contributed by atoms with van der Waals surface area (Å²) in [6.07, 6.45) is 4.80. The number of aromatic nitrogens is 3. The summed E-state index contributed by atoms with van der Waals surface area (Å²) < 4.78 is 20.4. The molecule has 5 rings (SSSR count). The van der Waals surface area contributed by atoms with Crippen molar-refractivity contribution in [3.05, 3.63) is 53.6 Å². The second kappa shape index (κ2) is 10.3. The van der Waals surface area contributed by atoms with Crippen LogP contribution in [0.3, 0.4) is 0 Å². The predicted octanol–water partition coefficient (Wildman–Crippen LogP) is 3.59. The van der Waals surface area contributed by atoms with Gasteiger partial charge in [-0.25, -0.2) is 13.9 Å². The fraction of sp³-hybridized carbons (Fsp3) is 0.481. The van der Waals surface area contributed by atoms with Crippen molar-refractivity contribution in [2.24, 2.45) is 5.92 Å². The van der Waals surface area contributed by atoms with Gasteiger partial charge in [-0.3, -0.25) is 9.59 Å². The van der Waals surface area contributed by atoms with Gasteiger partial charge in [0.2, 0.25) is 5.91 Å². The van der Waals surface area contributed by atoms with E-state index < -0.39 is 0 Å². The first-order valence-electron chi connectivity index (χ1n) is 12.7. The smallest absolute Gasteiger partial charge is 0.274 e. The SMILES string of the molecule is CCc1cc(-c2ccc(F)cc2)nn2cc(C(=O)N3CCN(C(=O)CC4CCOCC4)[C@@H](C)C3)nc12. The molecular formula is C27H32FN5O3. The van der Waals surface area contributed by atoms with E-state index in [0.29, 0.717) is 49.0 Å². The van der Waals surface area contributed by atoms with Gasteiger partial charge in [0.05, 0.1) is 11.9 Å². The monoisotopic (exact) mass is 493 g/mol. The number of ether oxygens (including phenoxy) is 1. The number of fused-ring (bicyclic) bond motifs is 1. The lowest BCUT2D eigenvalue weighted by molar-refractivity contribution is -0.137. The highest BCUT2D eigenvalue weighted by Crippen LogP contribution is 2.24. The Hall–Kier alpha value is -3.33. The topological polar surface area (TPSA) is 80.0 Å². The molecule has 2 aromatic heterocycles. The molecule has 2 aliphatic rings. The highest BCUT2D eigenvalue weighted by Gasteiger charge is 2.32. The number of amides is 2. The van der Waals surface area contributed by atoms with Crippen LogP contribution in [0.4, 0.5) is 4.39 Å². The summed E-state index contributed by atoms with van der Waals surface area (Å²) in [6.45, 7) is 6.96. The number of carbonyl (C=O) groups is 2. The Morgan fingerprint density at radius 3 is 2.58 bits per heavy atom. The highest BCUT2D eigenvalue weighted by molar-refractivity contribution is 5.93. The van der Waals surface area contributed by atoms with Crippen molar-refractivity contribution in [3.8, 4) is 11.3 Å². The van der Waals surface area contributed by atoms with Gasteiger partial charge < -0.3 is 14.5 Å². The number of benzene rings is 1. The maximum absolute atomic E-state index is 13.4. The maximum atomic E-state index is 13.4. The largest absolute Gasteiger partial charge is 0.381 e. The molecule has 8 nitrogen and oxygen atoms in total. The van der Waals surface area contributed by atoms with E-state index in [0.717, 1.165) is 43.6 Å². The molecule has 4 heterocycles. The molecule has 1 atom stereocenters. The third-order valence-corrected chi connectivity index (χ3v) is 7.28. The molecule has 2 fully saturated rings. The van der Waals surface area contributed by atoms with E-state index in [1.54, 1.807) is 27.7 Å². The molecule has 2 saturated heterocycles. The number of halogens is 1. The van der Waals surface area contributed by atoms with E-state index in [9.17, 15) is 14.0 Å². The molecule has 2 amide bonds. The second-order valence-electron chi connectivity index (χ2n) is 9.76. The van der Waals surface area contributed by atoms with Crippen molar-refractivity contribution in [3.63, 3.8) is 0 Å². The lowest BCUT2D eigenvalue weighted by Crippen LogP contribution is -2.55. The van der Waals surface area contributed by atoms with Gasteiger partial charge in [0.1, 0.15) is 11.5 Å². The van der Waals surface area contributed by atoms with Crippen molar-refractivity contribution < 1.29 is 18.7 Å². The third kappa shape index (κ3) is 4.97. The zero-order valence-electron chi connectivity index (χ0n) is 20.8. The van der Waals surface area contributed by atoms with Gasteiger partial charge in [0, 0.05) is 50.9 Å². The molecule has 2 aliphatic heterocycles. The Kier molecular flexibility index (Phi) is 7.00. The van der Waals surface area contributed by atoms with E-state index in [-0.39, 0.29) is 23.7 Å². The van der Waals surface area contributed by atoms with Crippen molar-refractivity contribution >= 4 is 17.5 Å². The molecule has 36 heavy (non-hydrogen) atoms. The van der Waals surface area contributed by atoms with E-state index in [2.05, 4.69) is 10.1 Å². The number of imidazole rings is 1. The average molecular weight is 494 g/mol. The van der Waals surface area contributed by atoms with Crippen LogP contribution in [0.1, 0.15) is 49.2 Å². The van der Waals surface area contributed by atoms with Crippen LogP contribution in [0.15, 0.2) is 36.5 Å². The van der Waals surface area contributed by atoms with Gasteiger partial charge in [-0.15, -0.1) is 0 Å². The van der Waals surface area contributed by atoms with Crippen LogP contribution in [0.25, 0.3) is 16.9 Å². The van der Waals surface area contributed by atoms with E-state index in [1.807, 2.05) is 24.8 Å². The quantitative estimate of drug-likeness (QED) is 0.543. The van der Waals surface area contributed by atoms with Gasteiger partial charge in [-0.05, 0) is 68.0 Å². The Morgan fingerprint density at radius 2 is 1.89 bits per heavy atom. The normalized spacial score (nSPS) is 19.1. The van der Waals surface area contributed by atoms with Crippen LogP contribution >= 0.6 is 0 Å². The molecule has 0 bridgehead atoms. The van der Waals surface area contributed by atoms with Gasteiger partial charge in [-0.1, -0.05) is 6.92 Å². The number of piperazine rings is 1. The molecule has 190 valence electrons. The van der Waals surface area contributed by atoms with Crippen LogP contribution in [-0.2, 0) is 16.0 Å². The number of carbonyl (C=O) groups excluding carboxylic acids is 2. The molecule has 0 aliphatic carbocycles. The molecule has 0 saturated carbocycles. The first-order valence-corrected chi connectivity index (χ1v) is 12.7. The maximum Gasteiger partial charge on any atom is 0.274 e. The first kappa shape index (κ1) is 24.4. The minimum atomic E-state index is -0.300. The van der Waals surface area contributed by atoms with Crippen molar-refractivity contribution in [1.29, 1.82) is 0 Å². The third-order valence-electron chi connectivity index (χ3n) is 7.28. The summed E-state index contributed by atoms with van der Waals surface area (Å²) >= 11 is 0. The summed E-state index contributed by atoms with van der Waals surface area (Å²) in [6, 6.07) is 8.08. The van der Waals surface area contributed by atoms with Gasteiger partial charge >= 0.3 is 0 Å². The zero-order chi connectivity index (χ0) is 25.2.